The Kier molecular flexibility index (Phi) is 4.65. The second-order valence-electron chi connectivity index (χ2n) is 4.23. The van der Waals surface area contributed by atoms with Crippen LogP contribution in [0.2, 0.25) is 0 Å². The Morgan fingerprint density at radius 2 is 2.26 bits per heavy atom. The van der Waals surface area contributed by atoms with Crippen LogP contribution in [0.3, 0.4) is 0 Å². The lowest BCUT2D eigenvalue weighted by molar-refractivity contribution is 0.199. The smallest absolute Gasteiger partial charge is 0.181 e. The monoisotopic (exact) mass is 264 g/mol. The minimum atomic E-state index is -0.266. The van der Waals surface area contributed by atoms with E-state index < -0.39 is 0 Å². The number of benzene rings is 1. The van der Waals surface area contributed by atoms with Gasteiger partial charge in [-0.05, 0) is 18.6 Å². The second-order valence-corrected chi connectivity index (χ2v) is 4.23. The van der Waals surface area contributed by atoms with Crippen LogP contribution in [0, 0.1) is 12.7 Å². The van der Waals surface area contributed by atoms with Gasteiger partial charge >= 0.3 is 0 Å². The fourth-order valence-electron chi connectivity index (χ4n) is 1.82. The topological polar surface area (TPSA) is 47.3 Å². The number of nitrogens with one attached hydrogen (secondary N) is 1. The van der Waals surface area contributed by atoms with Crippen molar-refractivity contribution in [3.8, 4) is 11.3 Å². The van der Waals surface area contributed by atoms with Gasteiger partial charge in [-0.25, -0.2) is 9.37 Å². The summed E-state index contributed by atoms with van der Waals surface area (Å²) < 4.78 is 24.3. The zero-order chi connectivity index (χ0) is 13.7. The van der Waals surface area contributed by atoms with Gasteiger partial charge in [0.2, 0.25) is 0 Å². The Labute approximate surface area is 111 Å². The number of aryl methyl sites for hydroxylation is 1. The van der Waals surface area contributed by atoms with E-state index in [-0.39, 0.29) is 5.82 Å². The van der Waals surface area contributed by atoms with E-state index in [0.29, 0.717) is 42.3 Å². The molecule has 0 aliphatic carbocycles. The predicted octanol–water partition coefficient (Wildman–Crippen LogP) is 2.53. The first-order valence-electron chi connectivity index (χ1n) is 6.11. The largest absolute Gasteiger partial charge is 0.443 e. The molecule has 5 heteroatoms. The van der Waals surface area contributed by atoms with Crippen molar-refractivity contribution < 1.29 is 13.5 Å². The molecular formula is C14H17FN2O2. The van der Waals surface area contributed by atoms with E-state index in [1.807, 2.05) is 0 Å². The maximum Gasteiger partial charge on any atom is 0.181 e. The maximum absolute atomic E-state index is 14.1. The summed E-state index contributed by atoms with van der Waals surface area (Å²) in [6.45, 7) is 3.57. The van der Waals surface area contributed by atoms with Crippen LogP contribution < -0.4 is 5.32 Å². The summed E-state index contributed by atoms with van der Waals surface area (Å²) in [4.78, 5) is 4.12. The van der Waals surface area contributed by atoms with Gasteiger partial charge < -0.3 is 14.5 Å². The number of methoxy groups -OCH3 is 1. The van der Waals surface area contributed by atoms with Crippen LogP contribution in [0.4, 0.5) is 4.39 Å². The molecule has 0 bridgehead atoms. The lowest BCUT2D eigenvalue weighted by Crippen LogP contribution is -2.19. The molecule has 1 aromatic carbocycles. The highest BCUT2D eigenvalue weighted by atomic mass is 19.1. The van der Waals surface area contributed by atoms with Crippen molar-refractivity contribution in [2.24, 2.45) is 0 Å². The van der Waals surface area contributed by atoms with Gasteiger partial charge in [-0.3, -0.25) is 0 Å². The average Bonchev–Trinajstić information content (AvgIpc) is 2.86. The standard InChI is InChI=1S/C14H17FN2O2/c1-10-4-3-5-11(13(10)15)14-12(17-9-19-14)8-16-6-7-18-2/h3-5,9,16H,6-8H2,1-2H3. The molecule has 0 amide bonds. The molecule has 1 aromatic heterocycles. The van der Waals surface area contributed by atoms with Crippen molar-refractivity contribution >= 4 is 0 Å². The fourth-order valence-corrected chi connectivity index (χ4v) is 1.82. The Morgan fingerprint density at radius 1 is 1.42 bits per heavy atom. The second kappa shape index (κ2) is 6.45. The molecule has 0 saturated carbocycles. The molecular weight excluding hydrogens is 247 g/mol. The van der Waals surface area contributed by atoms with E-state index >= 15 is 0 Å². The number of ether oxygens (including phenoxy) is 1. The highest BCUT2D eigenvalue weighted by Gasteiger charge is 2.15. The molecule has 1 heterocycles. The van der Waals surface area contributed by atoms with E-state index in [9.17, 15) is 4.39 Å². The summed E-state index contributed by atoms with van der Waals surface area (Å²) in [5.41, 5.74) is 1.73. The van der Waals surface area contributed by atoms with Crippen molar-refractivity contribution in [3.63, 3.8) is 0 Å². The van der Waals surface area contributed by atoms with Gasteiger partial charge in [0.1, 0.15) is 11.5 Å². The normalized spacial score (nSPS) is 10.9. The van der Waals surface area contributed by atoms with E-state index in [1.165, 1.54) is 6.39 Å². The maximum atomic E-state index is 14.1. The number of rotatable bonds is 6. The predicted molar refractivity (Wildman–Crippen MR) is 70.2 cm³/mol. The Bertz CT molecular complexity index is 540. The van der Waals surface area contributed by atoms with Crippen molar-refractivity contribution in [2.75, 3.05) is 20.3 Å². The molecule has 0 spiro atoms. The number of halogens is 1. The van der Waals surface area contributed by atoms with Crippen molar-refractivity contribution in [1.29, 1.82) is 0 Å². The molecule has 102 valence electrons. The van der Waals surface area contributed by atoms with Crippen LogP contribution in [0.5, 0.6) is 0 Å². The molecule has 0 unspecified atom stereocenters. The summed E-state index contributed by atoms with van der Waals surface area (Å²) in [7, 11) is 1.64. The first kappa shape index (κ1) is 13.7. The quantitative estimate of drug-likeness (QED) is 0.814. The van der Waals surface area contributed by atoms with Crippen LogP contribution in [-0.2, 0) is 11.3 Å². The van der Waals surface area contributed by atoms with Crippen molar-refractivity contribution in [1.82, 2.24) is 10.3 Å². The minimum absolute atomic E-state index is 0.266. The highest BCUT2D eigenvalue weighted by Crippen LogP contribution is 2.27. The molecule has 0 radical (unpaired) electrons. The van der Waals surface area contributed by atoms with Gasteiger partial charge in [0.15, 0.2) is 12.2 Å². The molecule has 0 aliphatic rings. The highest BCUT2D eigenvalue weighted by molar-refractivity contribution is 5.61. The van der Waals surface area contributed by atoms with Crippen molar-refractivity contribution in [2.45, 2.75) is 13.5 Å². The number of aromatic nitrogens is 1. The Morgan fingerprint density at radius 3 is 3.05 bits per heavy atom. The molecule has 19 heavy (non-hydrogen) atoms. The average molecular weight is 264 g/mol. The lowest BCUT2D eigenvalue weighted by Gasteiger charge is -2.06. The molecule has 0 atom stereocenters. The minimum Gasteiger partial charge on any atom is -0.443 e. The summed E-state index contributed by atoms with van der Waals surface area (Å²) in [5, 5.41) is 3.16. The van der Waals surface area contributed by atoms with Gasteiger partial charge in [-0.2, -0.15) is 0 Å². The molecule has 4 nitrogen and oxygen atoms in total. The summed E-state index contributed by atoms with van der Waals surface area (Å²) >= 11 is 0. The third kappa shape index (κ3) is 3.19. The first-order valence-corrected chi connectivity index (χ1v) is 6.11. The summed E-state index contributed by atoms with van der Waals surface area (Å²) in [6.07, 6.45) is 1.34. The first-order chi connectivity index (χ1) is 9.24. The zero-order valence-electron chi connectivity index (χ0n) is 11.1. The molecule has 0 aliphatic heterocycles. The van der Waals surface area contributed by atoms with Gasteiger partial charge in [0.25, 0.3) is 0 Å². The number of nitrogens with zero attached hydrogens (tertiary/aromatic N) is 1. The van der Waals surface area contributed by atoms with Crippen molar-refractivity contribution in [3.05, 3.63) is 41.7 Å². The fraction of sp³-hybridized carbons (Fsp3) is 0.357. The lowest BCUT2D eigenvalue weighted by atomic mass is 10.1. The van der Waals surface area contributed by atoms with Crippen LogP contribution in [-0.4, -0.2) is 25.2 Å². The molecule has 2 aromatic rings. The SMILES string of the molecule is COCCNCc1ncoc1-c1cccc(C)c1F. The van der Waals surface area contributed by atoms with E-state index in [2.05, 4.69) is 10.3 Å². The van der Waals surface area contributed by atoms with Gasteiger partial charge in [-0.1, -0.05) is 12.1 Å². The van der Waals surface area contributed by atoms with E-state index in [0.717, 1.165) is 0 Å². The van der Waals surface area contributed by atoms with Crippen LogP contribution in [0.15, 0.2) is 29.0 Å². The molecule has 1 N–H and O–H groups in total. The summed E-state index contributed by atoms with van der Waals surface area (Å²) in [6, 6.07) is 5.23. The number of oxazole rings is 1. The molecule has 0 fully saturated rings. The van der Waals surface area contributed by atoms with Crippen LogP contribution >= 0.6 is 0 Å². The summed E-state index contributed by atoms with van der Waals surface area (Å²) in [5.74, 6) is 0.212. The van der Waals surface area contributed by atoms with E-state index in [1.54, 1.807) is 32.2 Å². The molecule has 0 saturated heterocycles. The third-order valence-corrected chi connectivity index (χ3v) is 2.85. The van der Waals surface area contributed by atoms with Gasteiger partial charge in [0.05, 0.1) is 12.2 Å². The Balaban J connectivity index is 2.17. The van der Waals surface area contributed by atoms with E-state index in [4.69, 9.17) is 9.15 Å². The third-order valence-electron chi connectivity index (χ3n) is 2.85. The molecule has 2 rings (SSSR count). The Hall–Kier alpha value is -1.72. The van der Waals surface area contributed by atoms with Crippen LogP contribution in [0.25, 0.3) is 11.3 Å². The van der Waals surface area contributed by atoms with Crippen LogP contribution in [0.1, 0.15) is 11.3 Å². The van der Waals surface area contributed by atoms with Gasteiger partial charge in [0, 0.05) is 20.2 Å². The van der Waals surface area contributed by atoms with Gasteiger partial charge in [-0.15, -0.1) is 0 Å². The number of hydrogen-bond donors (Lipinski definition) is 1. The number of hydrogen-bond acceptors (Lipinski definition) is 4. The zero-order valence-corrected chi connectivity index (χ0v) is 11.1.